The zero-order valence-electron chi connectivity index (χ0n) is 49.7. The van der Waals surface area contributed by atoms with Crippen LogP contribution in [0.2, 0.25) is 0 Å². The van der Waals surface area contributed by atoms with Crippen molar-refractivity contribution in [1.29, 1.82) is 0 Å². The van der Waals surface area contributed by atoms with Crippen LogP contribution < -0.4 is 26.0 Å². The van der Waals surface area contributed by atoms with Crippen molar-refractivity contribution in [2.24, 2.45) is 0 Å². The highest BCUT2D eigenvalue weighted by atomic mass is 15.1. The first-order valence-corrected chi connectivity index (χ1v) is 29.8. The summed E-state index contributed by atoms with van der Waals surface area (Å²) in [4.78, 5) is 5.14. The summed E-state index contributed by atoms with van der Waals surface area (Å²) in [5.74, 6) is 0. The normalized spacial score (nSPS) is 15.7. The number of rotatable bonds is 8. The lowest BCUT2D eigenvalue weighted by Crippen LogP contribution is -2.61. The van der Waals surface area contributed by atoms with Gasteiger partial charge in [0.1, 0.15) is 0 Å². The Kier molecular flexibility index (Phi) is 11.7. The minimum Gasteiger partial charge on any atom is -0.376 e. The van der Waals surface area contributed by atoms with Gasteiger partial charge in [-0.15, -0.1) is 0 Å². The van der Waals surface area contributed by atoms with Gasteiger partial charge in [0, 0.05) is 56.2 Å². The minimum atomic E-state index is -0.338. The second-order valence-corrected chi connectivity index (χ2v) is 27.3. The number of fused-ring (bicyclic) bond motifs is 9. The average molecular weight is 1060 g/mol. The summed E-state index contributed by atoms with van der Waals surface area (Å²) < 4.78 is 0. The monoisotopic (exact) mass is 1060 g/mol. The fourth-order valence-electron chi connectivity index (χ4n) is 14.6. The van der Waals surface area contributed by atoms with E-state index < -0.39 is 0 Å². The highest BCUT2D eigenvalue weighted by Crippen LogP contribution is 2.58. The molecule has 3 nitrogen and oxygen atoms in total. The lowest BCUT2D eigenvalue weighted by Gasteiger charge is -2.45. The first kappa shape index (κ1) is 51.8. The molecule has 0 radical (unpaired) electrons. The van der Waals surface area contributed by atoms with Crippen molar-refractivity contribution in [3.05, 3.63) is 257 Å². The molecular formula is C78H74BN3. The summed E-state index contributed by atoms with van der Waals surface area (Å²) >= 11 is 0. The molecule has 2 aliphatic carbocycles. The molecule has 2 aliphatic heterocycles. The Balaban J connectivity index is 1.02. The molecule has 0 unspecified atom stereocenters. The van der Waals surface area contributed by atoms with Crippen molar-refractivity contribution in [3.8, 4) is 44.5 Å². The summed E-state index contributed by atoms with van der Waals surface area (Å²) in [6.07, 6.45) is 2.38. The maximum absolute atomic E-state index is 4.33. The van der Waals surface area contributed by atoms with Gasteiger partial charge in [-0.1, -0.05) is 234 Å². The molecule has 0 bridgehead atoms. The maximum atomic E-state index is 4.33. The molecule has 4 aliphatic rings. The molecule has 10 aromatic carbocycles. The van der Waals surface area contributed by atoms with Gasteiger partial charge in [0.15, 0.2) is 0 Å². The number of anilines is 7. The van der Waals surface area contributed by atoms with Crippen LogP contribution >= 0.6 is 0 Å². The second kappa shape index (κ2) is 18.6. The molecule has 2 heterocycles. The number of benzene rings is 10. The van der Waals surface area contributed by atoms with Crippen LogP contribution in [0.15, 0.2) is 218 Å². The summed E-state index contributed by atoms with van der Waals surface area (Å²) in [7, 11) is 0. The summed E-state index contributed by atoms with van der Waals surface area (Å²) in [6, 6.07) is 83.0. The number of para-hydroxylation sites is 1. The smallest absolute Gasteiger partial charge is 0.333 e. The fraction of sp³-hybridized carbons (Fsp3) is 0.231. The van der Waals surface area contributed by atoms with Crippen molar-refractivity contribution >= 4 is 57.6 Å². The van der Waals surface area contributed by atoms with E-state index in [2.05, 4.69) is 310 Å². The van der Waals surface area contributed by atoms with E-state index in [-0.39, 0.29) is 33.9 Å². The molecule has 82 heavy (non-hydrogen) atoms. The first-order valence-electron chi connectivity index (χ1n) is 29.8. The molecule has 14 rings (SSSR count). The highest BCUT2D eigenvalue weighted by Gasteiger charge is 2.49. The average Bonchev–Trinajstić information content (AvgIpc) is 1.48. The predicted octanol–water partition coefficient (Wildman–Crippen LogP) is 19.8. The molecule has 0 aromatic heterocycles. The van der Waals surface area contributed by atoms with Crippen LogP contribution in [0.1, 0.15) is 128 Å². The van der Waals surface area contributed by atoms with Crippen molar-refractivity contribution in [2.75, 3.05) is 15.0 Å². The first-order chi connectivity index (χ1) is 39.3. The van der Waals surface area contributed by atoms with Gasteiger partial charge in [-0.25, -0.2) is 0 Å². The zero-order chi connectivity index (χ0) is 56.7. The number of nitrogens with one attached hydrogen (secondary N) is 1. The Bertz CT molecular complexity index is 4140. The van der Waals surface area contributed by atoms with Crippen LogP contribution in [-0.2, 0) is 27.1 Å². The van der Waals surface area contributed by atoms with Crippen LogP contribution in [0.25, 0.3) is 44.5 Å². The van der Waals surface area contributed by atoms with Gasteiger partial charge in [0.05, 0.1) is 0 Å². The minimum absolute atomic E-state index is 0.0154. The third-order valence-electron chi connectivity index (χ3n) is 19.6. The highest BCUT2D eigenvalue weighted by molar-refractivity contribution is 6.93. The van der Waals surface area contributed by atoms with Crippen molar-refractivity contribution in [3.63, 3.8) is 0 Å². The van der Waals surface area contributed by atoms with Crippen molar-refractivity contribution < 1.29 is 0 Å². The Labute approximate surface area is 487 Å². The van der Waals surface area contributed by atoms with Gasteiger partial charge >= 0.3 is 6.85 Å². The van der Waals surface area contributed by atoms with Gasteiger partial charge in [-0.05, 0) is 179 Å². The van der Waals surface area contributed by atoms with Crippen LogP contribution in [0.4, 0.5) is 39.8 Å². The molecule has 0 atom stereocenters. The fourth-order valence-corrected chi connectivity index (χ4v) is 14.6. The van der Waals surface area contributed by atoms with E-state index in [1.165, 1.54) is 124 Å². The van der Waals surface area contributed by atoms with Crippen LogP contribution in [0, 0.1) is 0 Å². The molecule has 0 saturated heterocycles. The van der Waals surface area contributed by atoms with E-state index in [1.807, 2.05) is 0 Å². The molecule has 0 amide bonds. The summed E-state index contributed by atoms with van der Waals surface area (Å²) in [6.45, 7) is 26.3. The molecule has 0 spiro atoms. The number of hydrogen-bond acceptors (Lipinski definition) is 3. The van der Waals surface area contributed by atoms with Gasteiger partial charge in [-0.3, -0.25) is 0 Å². The third-order valence-corrected chi connectivity index (χ3v) is 19.6. The van der Waals surface area contributed by atoms with E-state index >= 15 is 0 Å². The Morgan fingerprint density at radius 2 is 1.01 bits per heavy atom. The van der Waals surface area contributed by atoms with E-state index in [0.29, 0.717) is 0 Å². The SMILES string of the molecule is CC(C)(C)c1ccc(N(c2ccc(-c3ccccc3)cc2)c2ccc3c(c2)-c2c4c(cc5c2-c2ccccc2C5(C)C)Nc2c(cccc2C(C)(C)c2ccc5c(c2)C(C)(C)CCC5(C)C)B4N3c2ccc(-c3ccccc3)cc2)cc1. The zero-order valence-corrected chi connectivity index (χ0v) is 49.7. The summed E-state index contributed by atoms with van der Waals surface area (Å²) in [5.41, 5.74) is 30.0. The Morgan fingerprint density at radius 3 is 1.66 bits per heavy atom. The van der Waals surface area contributed by atoms with E-state index in [0.717, 1.165) is 22.7 Å². The van der Waals surface area contributed by atoms with Crippen LogP contribution in [0.5, 0.6) is 0 Å². The summed E-state index contributed by atoms with van der Waals surface area (Å²) in [5, 5.41) is 4.33. The van der Waals surface area contributed by atoms with E-state index in [1.54, 1.807) is 0 Å². The standard InChI is InChI=1S/C78H74BN3/c1-74(2,3)54-33-40-57(41-34-54)81(56-36-29-52(30-37-56)50-21-14-12-15-22-50)59-42-44-69-61(48-59)71-70-60-25-18-19-26-62(60)78(10,11)66(70)49-68-72(71)79(82(69)58-38-31-53(32-39-58)51-23-16-13-17-24-51)67-28-20-27-64(73(67)80-68)77(8,9)55-35-43-63-65(47-55)76(6,7)46-45-75(63,4)5/h12-44,47-49,80H,45-46H2,1-11H3. The molecule has 10 aromatic rings. The Hall–Kier alpha value is -8.34. The lowest BCUT2D eigenvalue weighted by atomic mass is 9.42. The predicted molar refractivity (Wildman–Crippen MR) is 351 cm³/mol. The van der Waals surface area contributed by atoms with E-state index in [4.69, 9.17) is 0 Å². The maximum Gasteiger partial charge on any atom is 0.333 e. The second-order valence-electron chi connectivity index (χ2n) is 27.3. The molecule has 0 saturated carbocycles. The van der Waals surface area contributed by atoms with Gasteiger partial charge in [0.25, 0.3) is 0 Å². The Morgan fingerprint density at radius 1 is 0.451 bits per heavy atom. The van der Waals surface area contributed by atoms with Crippen molar-refractivity contribution in [2.45, 2.75) is 116 Å². The topological polar surface area (TPSA) is 18.5 Å². The van der Waals surface area contributed by atoms with Crippen LogP contribution in [0.3, 0.4) is 0 Å². The largest absolute Gasteiger partial charge is 0.376 e. The molecule has 404 valence electrons. The van der Waals surface area contributed by atoms with Crippen molar-refractivity contribution in [1.82, 2.24) is 0 Å². The molecule has 0 fully saturated rings. The lowest BCUT2D eigenvalue weighted by molar-refractivity contribution is 0.331. The third kappa shape index (κ3) is 8.14. The molecule has 1 N–H and O–H groups in total. The quantitative estimate of drug-likeness (QED) is 0.153. The van der Waals surface area contributed by atoms with Crippen LogP contribution in [-0.4, -0.2) is 6.85 Å². The van der Waals surface area contributed by atoms with Gasteiger partial charge < -0.3 is 15.0 Å². The van der Waals surface area contributed by atoms with Gasteiger partial charge in [-0.2, -0.15) is 0 Å². The van der Waals surface area contributed by atoms with E-state index in [9.17, 15) is 0 Å². The molecule has 4 heteroatoms. The molecular weight excluding hydrogens is 990 g/mol. The van der Waals surface area contributed by atoms with Gasteiger partial charge in [0.2, 0.25) is 0 Å². The number of nitrogens with zero attached hydrogens (tertiary/aromatic N) is 2. The number of hydrogen-bond donors (Lipinski definition) is 1.